The van der Waals surface area contributed by atoms with Crippen molar-refractivity contribution in [1.82, 2.24) is 9.71 Å². The second-order valence-electron chi connectivity index (χ2n) is 6.32. The Bertz CT molecular complexity index is 941. The Kier molecular flexibility index (Phi) is 4.97. The van der Waals surface area contributed by atoms with Crippen LogP contribution in [0.15, 0.2) is 41.4 Å². The number of carbonyl (C=O) groups is 1. The van der Waals surface area contributed by atoms with Gasteiger partial charge in [0.2, 0.25) is 10.0 Å². The van der Waals surface area contributed by atoms with Crippen LogP contribution in [0.3, 0.4) is 0 Å². The zero-order valence-electron chi connectivity index (χ0n) is 14.9. The van der Waals surface area contributed by atoms with Crippen molar-refractivity contribution in [2.45, 2.75) is 38.1 Å². The first-order valence-electron chi connectivity index (χ1n) is 8.44. The number of hydrogen-bond donors (Lipinski definition) is 1. The number of pyridine rings is 1. The van der Waals surface area contributed by atoms with E-state index < -0.39 is 10.0 Å². The van der Waals surface area contributed by atoms with Crippen molar-refractivity contribution in [1.29, 1.82) is 0 Å². The highest BCUT2D eigenvalue weighted by Crippen LogP contribution is 2.38. The van der Waals surface area contributed by atoms with E-state index >= 15 is 0 Å². The largest absolute Gasteiger partial charge is 0.453 e. The number of nitrogens with zero attached hydrogens (tertiary/aromatic N) is 2. The van der Waals surface area contributed by atoms with E-state index in [1.165, 1.54) is 23.1 Å². The van der Waals surface area contributed by atoms with Crippen molar-refractivity contribution in [3.63, 3.8) is 0 Å². The van der Waals surface area contributed by atoms with Crippen LogP contribution >= 0.6 is 0 Å². The van der Waals surface area contributed by atoms with E-state index in [1.807, 2.05) is 6.92 Å². The first kappa shape index (κ1) is 18.3. The molecule has 2 aromatic rings. The number of hydrogen-bond acceptors (Lipinski definition) is 5. The minimum Gasteiger partial charge on any atom is -0.453 e. The summed E-state index contributed by atoms with van der Waals surface area (Å²) in [5, 5.41) is 0. The number of amides is 1. The average Bonchev–Trinajstić information content (AvgIpc) is 2.69. The summed E-state index contributed by atoms with van der Waals surface area (Å²) in [6.07, 6.45) is 2.32. The third-order valence-electron chi connectivity index (χ3n) is 3.80. The minimum atomic E-state index is -3.72. The Morgan fingerprint density at radius 1 is 1.23 bits per heavy atom. The van der Waals surface area contributed by atoms with Crippen LogP contribution < -0.4 is 14.4 Å². The molecular formula is C18H21N3O4S. The van der Waals surface area contributed by atoms with Crippen LogP contribution in [0.1, 0.15) is 37.6 Å². The number of ether oxygens (including phenoxy) is 1. The summed E-state index contributed by atoms with van der Waals surface area (Å²) in [5.74, 6) is 0.872. The van der Waals surface area contributed by atoms with Crippen molar-refractivity contribution >= 4 is 21.7 Å². The van der Waals surface area contributed by atoms with Crippen molar-refractivity contribution in [3.8, 4) is 11.5 Å². The lowest BCUT2D eigenvalue weighted by molar-refractivity contribution is 0.0986. The lowest BCUT2D eigenvalue weighted by Crippen LogP contribution is -2.32. The second-order valence-corrected chi connectivity index (χ2v) is 8.03. The predicted octanol–water partition coefficient (Wildman–Crippen LogP) is 2.93. The van der Waals surface area contributed by atoms with Crippen LogP contribution in [0.2, 0.25) is 0 Å². The Morgan fingerprint density at radius 2 is 2.00 bits per heavy atom. The molecule has 1 aliphatic rings. The molecule has 0 fully saturated rings. The number of aromatic nitrogens is 1. The summed E-state index contributed by atoms with van der Waals surface area (Å²) in [5.41, 5.74) is 0.197. The number of fused-ring (bicyclic) bond motifs is 2. The van der Waals surface area contributed by atoms with Gasteiger partial charge in [0.25, 0.3) is 5.91 Å². The normalized spacial score (nSPS) is 13.8. The van der Waals surface area contributed by atoms with E-state index in [9.17, 15) is 13.2 Å². The molecule has 0 radical (unpaired) electrons. The average molecular weight is 375 g/mol. The molecule has 0 atom stereocenters. The van der Waals surface area contributed by atoms with Crippen molar-refractivity contribution in [2.24, 2.45) is 0 Å². The number of rotatable bonds is 5. The zero-order valence-corrected chi connectivity index (χ0v) is 15.7. The molecule has 138 valence electrons. The lowest BCUT2D eigenvalue weighted by atomic mass is 10.1. The molecular weight excluding hydrogens is 354 g/mol. The van der Waals surface area contributed by atoms with Gasteiger partial charge < -0.3 is 4.74 Å². The van der Waals surface area contributed by atoms with Gasteiger partial charge in [-0.25, -0.2) is 18.1 Å². The lowest BCUT2D eigenvalue weighted by Gasteiger charge is -2.20. The zero-order chi connectivity index (χ0) is 18.9. The molecule has 0 aliphatic carbocycles. The third kappa shape index (κ3) is 3.42. The first-order chi connectivity index (χ1) is 12.3. The second kappa shape index (κ2) is 7.05. The maximum atomic E-state index is 13.1. The van der Waals surface area contributed by atoms with Gasteiger partial charge in [0.15, 0.2) is 11.6 Å². The summed E-state index contributed by atoms with van der Waals surface area (Å²) in [6.45, 7) is 5.88. The predicted molar refractivity (Wildman–Crippen MR) is 98.2 cm³/mol. The van der Waals surface area contributed by atoms with E-state index in [4.69, 9.17) is 4.74 Å². The standard InChI is InChI=1S/C18H21N3O4S/c1-4-10-21-17-16(6-5-9-19-17)25-15-8-7-13(11-14(15)18(21)22)26(23,24)20-12(2)3/h5-9,11-12,20H,4,10H2,1-3H3. The highest BCUT2D eigenvalue weighted by molar-refractivity contribution is 7.89. The summed E-state index contributed by atoms with van der Waals surface area (Å²) in [4.78, 5) is 18.9. The molecule has 2 heterocycles. The quantitative estimate of drug-likeness (QED) is 0.868. The van der Waals surface area contributed by atoms with Crippen molar-refractivity contribution < 1.29 is 17.9 Å². The van der Waals surface area contributed by atoms with Crippen molar-refractivity contribution in [3.05, 3.63) is 42.1 Å². The molecule has 0 spiro atoms. The molecule has 3 rings (SSSR count). The van der Waals surface area contributed by atoms with E-state index in [0.29, 0.717) is 23.9 Å². The molecule has 0 bridgehead atoms. The minimum absolute atomic E-state index is 0.0252. The highest BCUT2D eigenvalue weighted by Gasteiger charge is 2.30. The molecule has 1 aliphatic heterocycles. The third-order valence-corrected chi connectivity index (χ3v) is 5.46. The molecule has 7 nitrogen and oxygen atoms in total. The van der Waals surface area contributed by atoms with Crippen LogP contribution in [0.4, 0.5) is 5.82 Å². The van der Waals surface area contributed by atoms with Gasteiger partial charge >= 0.3 is 0 Å². The van der Waals surface area contributed by atoms with Gasteiger partial charge in [-0.1, -0.05) is 6.92 Å². The van der Waals surface area contributed by atoms with E-state index in [1.54, 1.807) is 32.2 Å². The Labute approximate surface area is 153 Å². The topological polar surface area (TPSA) is 88.6 Å². The van der Waals surface area contributed by atoms with Gasteiger partial charge in [-0.05, 0) is 50.6 Å². The van der Waals surface area contributed by atoms with Crippen LogP contribution in [-0.2, 0) is 10.0 Å². The Morgan fingerprint density at radius 3 is 2.69 bits per heavy atom. The van der Waals surface area contributed by atoms with Crippen LogP contribution in [0.25, 0.3) is 0 Å². The van der Waals surface area contributed by atoms with Gasteiger partial charge in [0.1, 0.15) is 5.75 Å². The van der Waals surface area contributed by atoms with E-state index in [-0.39, 0.29) is 22.4 Å². The van der Waals surface area contributed by atoms with Crippen molar-refractivity contribution in [2.75, 3.05) is 11.4 Å². The van der Waals surface area contributed by atoms with Gasteiger partial charge in [-0.3, -0.25) is 9.69 Å². The fraction of sp³-hybridized carbons (Fsp3) is 0.333. The number of anilines is 1. The molecule has 8 heteroatoms. The van der Waals surface area contributed by atoms with Gasteiger partial charge in [-0.2, -0.15) is 0 Å². The molecule has 0 unspecified atom stereocenters. The summed E-state index contributed by atoms with van der Waals surface area (Å²) < 4.78 is 33.3. The monoisotopic (exact) mass is 375 g/mol. The fourth-order valence-electron chi connectivity index (χ4n) is 2.77. The van der Waals surface area contributed by atoms with Gasteiger partial charge in [0.05, 0.1) is 10.5 Å². The van der Waals surface area contributed by atoms with E-state index in [0.717, 1.165) is 6.42 Å². The summed E-state index contributed by atoms with van der Waals surface area (Å²) in [6, 6.07) is 7.51. The maximum absolute atomic E-state index is 13.1. The molecule has 26 heavy (non-hydrogen) atoms. The summed E-state index contributed by atoms with van der Waals surface area (Å²) >= 11 is 0. The van der Waals surface area contributed by atoms with Crippen LogP contribution in [0, 0.1) is 0 Å². The van der Waals surface area contributed by atoms with Crippen LogP contribution in [-0.4, -0.2) is 31.9 Å². The van der Waals surface area contributed by atoms with Crippen LogP contribution in [0.5, 0.6) is 11.5 Å². The van der Waals surface area contributed by atoms with Gasteiger partial charge in [0, 0.05) is 18.8 Å². The SMILES string of the molecule is CCCN1C(=O)c2cc(S(=O)(=O)NC(C)C)ccc2Oc2cccnc21. The smallest absolute Gasteiger partial charge is 0.263 e. The van der Waals surface area contributed by atoms with Gasteiger partial charge in [-0.15, -0.1) is 0 Å². The Hall–Kier alpha value is -2.45. The first-order valence-corrected chi connectivity index (χ1v) is 9.93. The summed E-state index contributed by atoms with van der Waals surface area (Å²) in [7, 11) is -3.72. The number of benzene rings is 1. The number of sulfonamides is 1. The molecule has 0 saturated carbocycles. The molecule has 1 N–H and O–H groups in total. The molecule has 0 saturated heterocycles. The Balaban J connectivity index is 2.12. The molecule has 1 amide bonds. The number of carbonyl (C=O) groups excluding carboxylic acids is 1. The molecule has 1 aromatic carbocycles. The highest BCUT2D eigenvalue weighted by atomic mass is 32.2. The maximum Gasteiger partial charge on any atom is 0.263 e. The van der Waals surface area contributed by atoms with E-state index in [2.05, 4.69) is 9.71 Å². The number of nitrogens with one attached hydrogen (secondary N) is 1. The molecule has 1 aromatic heterocycles. The fourth-order valence-corrected chi connectivity index (χ4v) is 4.04.